The molecule has 4 aromatic heterocycles. The van der Waals surface area contributed by atoms with Crippen molar-refractivity contribution in [3.8, 4) is 45.0 Å². The number of halogens is 2. The number of rotatable bonds is 18. The normalized spacial score (nSPS) is 16.3. The predicted octanol–water partition coefficient (Wildman–Crippen LogP) is 9.62. The van der Waals surface area contributed by atoms with Crippen molar-refractivity contribution >= 4 is 33.2 Å². The second-order valence-electron chi connectivity index (χ2n) is 17.0. The smallest absolute Gasteiger partial charge is 0.199 e. The third-order valence-electron chi connectivity index (χ3n) is 12.5. The SMILES string of the molecule is COCCCn1c(S(C)=O)nc(-c2ccc(F)cc2)c1-c1ccnc(N(C(O)CCn2c(S(C)=O)nc(-c3ccc(F)cc3)c2-c2ccnc(NC3CCCC3)c2)C2CCCCCC2)c1. The van der Waals surface area contributed by atoms with Gasteiger partial charge >= 0.3 is 0 Å². The molecule has 0 aliphatic heterocycles. The van der Waals surface area contributed by atoms with Crippen molar-refractivity contribution in [2.45, 2.75) is 119 Å². The van der Waals surface area contributed by atoms with Crippen LogP contribution < -0.4 is 10.2 Å². The van der Waals surface area contributed by atoms with Crippen LogP contribution in [0.5, 0.6) is 0 Å². The molecule has 16 heteroatoms. The molecule has 2 fully saturated rings. The van der Waals surface area contributed by atoms with E-state index >= 15 is 0 Å². The average molecular weight is 925 g/mol. The number of anilines is 2. The lowest BCUT2D eigenvalue weighted by Gasteiger charge is -2.37. The first-order valence-electron chi connectivity index (χ1n) is 22.6. The molecule has 3 atom stereocenters. The quantitative estimate of drug-likeness (QED) is 0.0487. The number of ether oxygens (including phenoxy) is 1. The van der Waals surface area contributed by atoms with Gasteiger partial charge in [-0.15, -0.1) is 0 Å². The van der Waals surface area contributed by atoms with E-state index in [1.54, 1.807) is 56.3 Å². The average Bonchev–Trinajstić information content (AvgIpc) is 4.00. The molecule has 65 heavy (non-hydrogen) atoms. The van der Waals surface area contributed by atoms with Crippen LogP contribution in [0, 0.1) is 11.6 Å². The maximum atomic E-state index is 14.3. The van der Waals surface area contributed by atoms with E-state index in [2.05, 4.69) is 10.3 Å². The zero-order chi connectivity index (χ0) is 45.5. The van der Waals surface area contributed by atoms with Crippen LogP contribution >= 0.6 is 0 Å². The number of hydrogen-bond acceptors (Lipinski definition) is 10. The lowest BCUT2D eigenvalue weighted by molar-refractivity contribution is 0.137. The molecular weight excluding hydrogens is 867 g/mol. The van der Waals surface area contributed by atoms with Gasteiger partial charge in [-0.3, -0.25) is 8.42 Å². The molecular formula is C49H58F2N8O4S2. The van der Waals surface area contributed by atoms with Crippen LogP contribution in [-0.4, -0.2) is 87.1 Å². The molecule has 6 aromatic rings. The van der Waals surface area contributed by atoms with Crippen molar-refractivity contribution in [1.82, 2.24) is 29.1 Å². The molecule has 344 valence electrons. The molecule has 3 unspecified atom stereocenters. The molecule has 2 aliphatic carbocycles. The summed E-state index contributed by atoms with van der Waals surface area (Å²) in [6.07, 6.45) is 17.0. The van der Waals surface area contributed by atoms with Gasteiger partial charge in [-0.25, -0.2) is 28.7 Å². The molecule has 4 heterocycles. The van der Waals surface area contributed by atoms with Crippen LogP contribution in [0.2, 0.25) is 0 Å². The van der Waals surface area contributed by atoms with E-state index in [1.807, 2.05) is 38.3 Å². The molecule has 8 rings (SSSR count). The first-order chi connectivity index (χ1) is 31.6. The van der Waals surface area contributed by atoms with Crippen molar-refractivity contribution in [3.63, 3.8) is 0 Å². The van der Waals surface area contributed by atoms with Gasteiger partial charge in [0.25, 0.3) is 0 Å². The first kappa shape index (κ1) is 46.4. The monoisotopic (exact) mass is 924 g/mol. The van der Waals surface area contributed by atoms with E-state index in [-0.39, 0.29) is 30.6 Å². The van der Waals surface area contributed by atoms with Gasteiger partial charge in [0.2, 0.25) is 0 Å². The molecule has 0 bridgehead atoms. The molecule has 0 radical (unpaired) electrons. The summed E-state index contributed by atoms with van der Waals surface area (Å²) in [5, 5.41) is 17.0. The molecule has 2 saturated carbocycles. The van der Waals surface area contributed by atoms with Gasteiger partial charge in [-0.1, -0.05) is 38.5 Å². The Balaban J connectivity index is 1.20. The number of hydrogen-bond donors (Lipinski definition) is 2. The maximum absolute atomic E-state index is 14.3. The van der Waals surface area contributed by atoms with Crippen molar-refractivity contribution in [1.29, 1.82) is 0 Å². The van der Waals surface area contributed by atoms with Gasteiger partial charge in [0.15, 0.2) is 10.3 Å². The van der Waals surface area contributed by atoms with E-state index in [0.29, 0.717) is 75.6 Å². The largest absolute Gasteiger partial charge is 0.385 e. The molecule has 0 amide bonds. The molecule has 2 N–H and O–H groups in total. The second kappa shape index (κ2) is 21.4. The Kier molecular flexibility index (Phi) is 15.3. The first-order valence-corrected chi connectivity index (χ1v) is 25.8. The predicted molar refractivity (Wildman–Crippen MR) is 253 cm³/mol. The van der Waals surface area contributed by atoms with Crippen molar-refractivity contribution in [2.24, 2.45) is 0 Å². The third-order valence-corrected chi connectivity index (χ3v) is 14.2. The highest BCUT2D eigenvalue weighted by atomic mass is 32.2. The van der Waals surface area contributed by atoms with Gasteiger partial charge in [0.1, 0.15) is 29.5 Å². The van der Waals surface area contributed by atoms with E-state index in [4.69, 9.17) is 19.7 Å². The van der Waals surface area contributed by atoms with Crippen LogP contribution in [0.1, 0.15) is 77.0 Å². The zero-order valence-electron chi connectivity index (χ0n) is 37.3. The van der Waals surface area contributed by atoms with Crippen LogP contribution in [0.4, 0.5) is 20.4 Å². The zero-order valence-corrected chi connectivity index (χ0v) is 38.9. The van der Waals surface area contributed by atoms with Gasteiger partial charge < -0.3 is 29.2 Å². The molecule has 0 spiro atoms. The van der Waals surface area contributed by atoms with E-state index < -0.39 is 27.8 Å². The fraction of sp³-hybridized carbons (Fsp3) is 0.429. The fourth-order valence-corrected chi connectivity index (χ4v) is 10.9. The Morgan fingerprint density at radius 2 is 1.25 bits per heavy atom. The Morgan fingerprint density at radius 3 is 1.80 bits per heavy atom. The summed E-state index contributed by atoms with van der Waals surface area (Å²) >= 11 is 0. The highest BCUT2D eigenvalue weighted by Crippen LogP contribution is 2.39. The van der Waals surface area contributed by atoms with Crippen LogP contribution in [-0.2, 0) is 39.4 Å². The van der Waals surface area contributed by atoms with Crippen LogP contribution in [0.25, 0.3) is 45.0 Å². The highest BCUT2D eigenvalue weighted by molar-refractivity contribution is 7.84. The number of methoxy groups -OCH3 is 1. The summed E-state index contributed by atoms with van der Waals surface area (Å²) in [6.45, 7) is 1.21. The minimum Gasteiger partial charge on any atom is -0.385 e. The van der Waals surface area contributed by atoms with Crippen molar-refractivity contribution < 1.29 is 27.0 Å². The molecule has 2 aromatic carbocycles. The van der Waals surface area contributed by atoms with Gasteiger partial charge in [0.05, 0.1) is 44.4 Å². The number of aromatic nitrogens is 6. The van der Waals surface area contributed by atoms with Gasteiger partial charge in [-0.05, 0) is 105 Å². The van der Waals surface area contributed by atoms with Gasteiger partial charge in [0, 0.05) is 92.5 Å². The van der Waals surface area contributed by atoms with E-state index in [1.165, 1.54) is 37.1 Å². The number of aliphatic hydroxyl groups is 1. The number of nitrogens with one attached hydrogen (secondary N) is 1. The number of aliphatic hydroxyl groups excluding tert-OH is 1. The van der Waals surface area contributed by atoms with Crippen LogP contribution in [0.15, 0.2) is 95.5 Å². The Morgan fingerprint density at radius 1 is 0.723 bits per heavy atom. The highest BCUT2D eigenvalue weighted by Gasteiger charge is 2.31. The Bertz CT molecular complexity index is 2590. The Hall–Kier alpha value is -5.16. The summed E-state index contributed by atoms with van der Waals surface area (Å²) in [7, 11) is -1.34. The van der Waals surface area contributed by atoms with Gasteiger partial charge in [-0.2, -0.15) is 0 Å². The summed E-state index contributed by atoms with van der Waals surface area (Å²) < 4.78 is 64.7. The fourth-order valence-electron chi connectivity index (χ4n) is 9.43. The third kappa shape index (κ3) is 10.8. The topological polar surface area (TPSA) is 140 Å². The lowest BCUT2D eigenvalue weighted by Crippen LogP contribution is -2.44. The van der Waals surface area contributed by atoms with Crippen LogP contribution in [0.3, 0.4) is 0 Å². The lowest BCUT2D eigenvalue weighted by atomic mass is 10.0. The number of nitrogens with zero attached hydrogens (tertiary/aromatic N) is 7. The standard InChI is InChI=1S/C49H58F2N8O4S2/c1-63-30-10-28-57-47(45(55-48(57)64(2)61)34-17-21-38(51)22-18-34)36-24-27-53-42(32-36)59(40-13-6-4-5-7-14-40)43(60)25-29-58-46(35-23-26-52-41(31-35)54-39-11-8-9-12-39)44(56-49(58)65(3)62)33-15-19-37(50)20-16-33/h15-24,26-27,31-32,39-40,43,60H,4-14,25,28-30H2,1-3H3,(H,52,54). The molecule has 12 nitrogen and oxygen atoms in total. The van der Waals surface area contributed by atoms with E-state index in [9.17, 15) is 22.3 Å². The molecule has 2 aliphatic rings. The summed E-state index contributed by atoms with van der Waals surface area (Å²) in [4.78, 5) is 21.5. The minimum absolute atomic E-state index is 0.0293. The number of benzene rings is 2. The number of pyridine rings is 2. The minimum atomic E-state index is -1.53. The Labute approximate surface area is 384 Å². The van der Waals surface area contributed by atoms with Crippen molar-refractivity contribution in [2.75, 3.05) is 36.4 Å². The second-order valence-corrected chi connectivity index (χ2v) is 19.6. The van der Waals surface area contributed by atoms with E-state index in [0.717, 1.165) is 68.3 Å². The summed E-state index contributed by atoms with van der Waals surface area (Å²) in [5.74, 6) is 0.562. The summed E-state index contributed by atoms with van der Waals surface area (Å²) in [6, 6.07) is 20.3. The maximum Gasteiger partial charge on any atom is 0.199 e. The summed E-state index contributed by atoms with van der Waals surface area (Å²) in [5.41, 5.74) is 5.44. The molecule has 0 saturated heterocycles. The number of imidazole rings is 2. The van der Waals surface area contributed by atoms with Crippen molar-refractivity contribution in [3.05, 3.63) is 96.8 Å².